The quantitative estimate of drug-likeness (QED) is 0.630. The Kier molecular flexibility index (Phi) is 5.44. The average molecular weight is 183 g/mol. The van der Waals surface area contributed by atoms with Gasteiger partial charge in [-0.15, -0.1) is 0 Å². The van der Waals surface area contributed by atoms with Crippen molar-refractivity contribution in [2.24, 2.45) is 0 Å². The maximum Gasteiger partial charge on any atom is 0.243 e. The topological polar surface area (TPSA) is 29.1 Å². The van der Waals surface area contributed by atoms with Crippen LogP contribution in [0.5, 0.6) is 0 Å². The van der Waals surface area contributed by atoms with Crippen molar-refractivity contribution < 1.29 is 4.79 Å². The van der Waals surface area contributed by atoms with Crippen LogP contribution in [-0.2, 0) is 4.79 Å². The van der Waals surface area contributed by atoms with E-state index in [0.717, 1.165) is 25.7 Å². The van der Waals surface area contributed by atoms with E-state index in [0.29, 0.717) is 0 Å². The van der Waals surface area contributed by atoms with Crippen molar-refractivity contribution in [2.45, 2.75) is 52.0 Å². The molecule has 0 saturated carbocycles. The summed E-state index contributed by atoms with van der Waals surface area (Å²) in [6.45, 7) is 9.83. The van der Waals surface area contributed by atoms with E-state index in [2.05, 4.69) is 32.7 Å². The van der Waals surface area contributed by atoms with Crippen molar-refractivity contribution in [3.8, 4) is 0 Å². The van der Waals surface area contributed by atoms with Crippen molar-refractivity contribution in [2.75, 3.05) is 0 Å². The van der Waals surface area contributed by atoms with Crippen molar-refractivity contribution in [1.82, 2.24) is 5.32 Å². The molecule has 1 N–H and O–H groups in total. The van der Waals surface area contributed by atoms with Gasteiger partial charge >= 0.3 is 0 Å². The molecule has 0 aromatic heterocycles. The highest BCUT2D eigenvalue weighted by Crippen LogP contribution is 2.21. The summed E-state index contributed by atoms with van der Waals surface area (Å²) in [5.74, 6) is -0.0582. The van der Waals surface area contributed by atoms with Crippen LogP contribution in [0, 0.1) is 0 Å². The first-order valence-electron chi connectivity index (χ1n) is 5.08. The van der Waals surface area contributed by atoms with Gasteiger partial charge in [0.15, 0.2) is 0 Å². The summed E-state index contributed by atoms with van der Waals surface area (Å²) in [5.41, 5.74) is -0.0139. The molecular formula is C11H21NO. The molecule has 0 aromatic carbocycles. The molecule has 0 saturated heterocycles. The molecule has 2 nitrogen and oxygen atoms in total. The first kappa shape index (κ1) is 12.2. The summed E-state index contributed by atoms with van der Waals surface area (Å²) in [6.07, 6.45) is 5.45. The molecule has 0 spiro atoms. The maximum absolute atomic E-state index is 11.2. The number of carbonyl (C=O) groups is 1. The summed E-state index contributed by atoms with van der Waals surface area (Å²) in [5, 5.41) is 3.02. The maximum atomic E-state index is 11.2. The standard InChI is InChI=1S/C11H21NO/c1-5-9-11(7-3,8-4)12-10(13)6-2/h6H,2,5,7-9H2,1,3-4H3,(H,12,13). The zero-order chi connectivity index (χ0) is 10.3. The fraction of sp³-hybridized carbons (Fsp3) is 0.727. The van der Waals surface area contributed by atoms with Crippen molar-refractivity contribution in [3.05, 3.63) is 12.7 Å². The van der Waals surface area contributed by atoms with Gasteiger partial charge < -0.3 is 5.32 Å². The molecule has 0 aliphatic rings. The first-order valence-corrected chi connectivity index (χ1v) is 5.08. The third-order valence-corrected chi connectivity index (χ3v) is 2.66. The lowest BCUT2D eigenvalue weighted by atomic mass is 9.88. The highest BCUT2D eigenvalue weighted by molar-refractivity contribution is 5.87. The van der Waals surface area contributed by atoms with E-state index in [1.54, 1.807) is 0 Å². The van der Waals surface area contributed by atoms with E-state index in [1.165, 1.54) is 6.08 Å². The summed E-state index contributed by atoms with van der Waals surface area (Å²) in [4.78, 5) is 11.2. The number of rotatable bonds is 6. The van der Waals surface area contributed by atoms with Crippen LogP contribution in [0.2, 0.25) is 0 Å². The van der Waals surface area contributed by atoms with Crippen LogP contribution in [0.1, 0.15) is 46.5 Å². The molecule has 0 aromatic rings. The number of amides is 1. The number of hydrogen-bond donors (Lipinski definition) is 1. The number of nitrogens with one attached hydrogen (secondary N) is 1. The largest absolute Gasteiger partial charge is 0.347 e. The van der Waals surface area contributed by atoms with Crippen LogP contribution < -0.4 is 5.32 Å². The van der Waals surface area contributed by atoms with Gasteiger partial charge in [0.25, 0.3) is 0 Å². The van der Waals surface area contributed by atoms with Gasteiger partial charge in [0.1, 0.15) is 0 Å². The van der Waals surface area contributed by atoms with Crippen LogP contribution in [0.25, 0.3) is 0 Å². The van der Waals surface area contributed by atoms with E-state index in [9.17, 15) is 4.79 Å². The van der Waals surface area contributed by atoms with Gasteiger partial charge in [-0.25, -0.2) is 0 Å². The predicted octanol–water partition coefficient (Wildman–Crippen LogP) is 2.65. The van der Waals surface area contributed by atoms with Gasteiger partial charge in [0.05, 0.1) is 0 Å². The van der Waals surface area contributed by atoms with Crippen LogP contribution >= 0.6 is 0 Å². The van der Waals surface area contributed by atoms with Gasteiger partial charge in [-0.05, 0) is 25.3 Å². The van der Waals surface area contributed by atoms with Gasteiger partial charge in [0.2, 0.25) is 5.91 Å². The molecule has 0 unspecified atom stereocenters. The summed E-state index contributed by atoms with van der Waals surface area (Å²) in [7, 11) is 0. The highest BCUT2D eigenvalue weighted by Gasteiger charge is 2.25. The Morgan fingerprint density at radius 3 is 2.23 bits per heavy atom. The van der Waals surface area contributed by atoms with Gasteiger partial charge in [-0.2, -0.15) is 0 Å². The molecule has 13 heavy (non-hydrogen) atoms. The molecule has 0 aliphatic carbocycles. The Labute approximate surface area is 81.4 Å². The smallest absolute Gasteiger partial charge is 0.243 e. The Hall–Kier alpha value is -0.790. The lowest BCUT2D eigenvalue weighted by Crippen LogP contribution is -2.46. The minimum absolute atomic E-state index is 0.0139. The molecule has 76 valence electrons. The lowest BCUT2D eigenvalue weighted by Gasteiger charge is -2.32. The Morgan fingerprint density at radius 2 is 1.92 bits per heavy atom. The SMILES string of the molecule is C=CC(=O)NC(CC)(CC)CCC. The van der Waals surface area contributed by atoms with E-state index in [1.807, 2.05) is 0 Å². The molecule has 0 heterocycles. The molecule has 0 atom stereocenters. The molecule has 0 rings (SSSR count). The molecular weight excluding hydrogens is 162 g/mol. The second-order valence-electron chi connectivity index (χ2n) is 3.43. The first-order chi connectivity index (χ1) is 6.14. The van der Waals surface area contributed by atoms with Crippen molar-refractivity contribution in [1.29, 1.82) is 0 Å². The fourth-order valence-electron chi connectivity index (χ4n) is 1.63. The molecule has 2 heteroatoms. The summed E-state index contributed by atoms with van der Waals surface area (Å²) >= 11 is 0. The molecule has 0 fully saturated rings. The van der Waals surface area contributed by atoms with Gasteiger partial charge in [-0.3, -0.25) is 4.79 Å². The normalized spacial score (nSPS) is 11.0. The minimum Gasteiger partial charge on any atom is -0.347 e. The van der Waals surface area contributed by atoms with Gasteiger partial charge in [0, 0.05) is 5.54 Å². The zero-order valence-corrected chi connectivity index (χ0v) is 9.02. The lowest BCUT2D eigenvalue weighted by molar-refractivity contribution is -0.118. The third-order valence-electron chi connectivity index (χ3n) is 2.66. The Morgan fingerprint density at radius 1 is 1.38 bits per heavy atom. The van der Waals surface area contributed by atoms with Crippen molar-refractivity contribution in [3.63, 3.8) is 0 Å². The third kappa shape index (κ3) is 3.62. The van der Waals surface area contributed by atoms with E-state index in [-0.39, 0.29) is 11.4 Å². The van der Waals surface area contributed by atoms with E-state index >= 15 is 0 Å². The van der Waals surface area contributed by atoms with Crippen LogP contribution in [0.15, 0.2) is 12.7 Å². The van der Waals surface area contributed by atoms with E-state index < -0.39 is 0 Å². The van der Waals surface area contributed by atoms with Crippen molar-refractivity contribution >= 4 is 5.91 Å². The monoisotopic (exact) mass is 183 g/mol. The number of carbonyl (C=O) groups excluding carboxylic acids is 1. The summed E-state index contributed by atoms with van der Waals surface area (Å²) in [6, 6.07) is 0. The average Bonchev–Trinajstić information content (AvgIpc) is 2.17. The second kappa shape index (κ2) is 5.79. The Bertz CT molecular complexity index is 171. The Balaban J connectivity index is 4.36. The zero-order valence-electron chi connectivity index (χ0n) is 9.02. The van der Waals surface area contributed by atoms with E-state index in [4.69, 9.17) is 0 Å². The minimum atomic E-state index is -0.0582. The molecule has 1 amide bonds. The van der Waals surface area contributed by atoms with Gasteiger partial charge in [-0.1, -0.05) is 33.8 Å². The number of hydrogen-bond acceptors (Lipinski definition) is 1. The molecule has 0 bridgehead atoms. The summed E-state index contributed by atoms with van der Waals surface area (Å²) < 4.78 is 0. The highest BCUT2D eigenvalue weighted by atomic mass is 16.1. The second-order valence-corrected chi connectivity index (χ2v) is 3.43. The van der Waals surface area contributed by atoms with Crippen LogP contribution in [0.4, 0.5) is 0 Å². The molecule has 0 radical (unpaired) electrons. The van der Waals surface area contributed by atoms with Crippen LogP contribution in [0.3, 0.4) is 0 Å². The fourth-order valence-corrected chi connectivity index (χ4v) is 1.63. The predicted molar refractivity (Wildman–Crippen MR) is 56.6 cm³/mol. The van der Waals surface area contributed by atoms with Crippen LogP contribution in [-0.4, -0.2) is 11.4 Å². The molecule has 0 aliphatic heterocycles.